The summed E-state index contributed by atoms with van der Waals surface area (Å²) < 4.78 is 0. The predicted molar refractivity (Wildman–Crippen MR) is 72.5 cm³/mol. The van der Waals surface area contributed by atoms with Gasteiger partial charge in [-0.2, -0.15) is 0 Å². The third-order valence-corrected chi connectivity index (χ3v) is 2.83. The minimum absolute atomic E-state index is 0.181. The van der Waals surface area contributed by atoms with Gasteiger partial charge in [-0.1, -0.05) is 23.7 Å². The molecule has 1 aromatic carbocycles. The Bertz CT molecular complexity index is 508. The van der Waals surface area contributed by atoms with Gasteiger partial charge in [0.1, 0.15) is 0 Å². The molecule has 1 amide bonds. The van der Waals surface area contributed by atoms with Crippen LogP contribution in [0, 0.1) is 0 Å². The number of nitrogens with one attached hydrogen (secondary N) is 1. The number of hydrogen-bond donors (Lipinski definition) is 2. The molecule has 1 heterocycles. The summed E-state index contributed by atoms with van der Waals surface area (Å²) in [4.78, 5) is 16.0. The first-order valence-electron chi connectivity index (χ1n) is 5.55. The molecular weight excluding hydrogens is 250 g/mol. The van der Waals surface area contributed by atoms with Gasteiger partial charge in [0.2, 0.25) is 5.91 Å². The van der Waals surface area contributed by atoms with E-state index in [1.807, 2.05) is 47.6 Å². The highest BCUT2D eigenvalue weighted by molar-refractivity contribution is 6.30. The molecule has 0 radical (unpaired) electrons. The van der Waals surface area contributed by atoms with Gasteiger partial charge in [-0.3, -0.25) is 4.79 Å². The minimum Gasteiger partial charge on any atom is -0.368 e. The SMILES string of the molecule is NC(=O)CN(Cc1ccc(Cl)cc1)c1cc[nH]c1. The average molecular weight is 264 g/mol. The second-order valence-corrected chi connectivity index (χ2v) is 4.45. The van der Waals surface area contributed by atoms with E-state index in [-0.39, 0.29) is 12.5 Å². The van der Waals surface area contributed by atoms with Gasteiger partial charge in [0, 0.05) is 24.0 Å². The van der Waals surface area contributed by atoms with Crippen LogP contribution in [0.5, 0.6) is 0 Å². The molecule has 4 nitrogen and oxygen atoms in total. The van der Waals surface area contributed by atoms with Crippen molar-refractivity contribution in [3.8, 4) is 0 Å². The molecular formula is C13H14ClN3O. The highest BCUT2D eigenvalue weighted by Crippen LogP contribution is 2.17. The van der Waals surface area contributed by atoms with Crippen LogP contribution >= 0.6 is 11.6 Å². The Labute approximate surface area is 110 Å². The molecule has 0 aliphatic heterocycles. The van der Waals surface area contributed by atoms with Crippen molar-refractivity contribution in [3.63, 3.8) is 0 Å². The van der Waals surface area contributed by atoms with Crippen molar-refractivity contribution in [1.82, 2.24) is 4.98 Å². The van der Waals surface area contributed by atoms with E-state index in [1.165, 1.54) is 0 Å². The third kappa shape index (κ3) is 3.28. The molecule has 0 bridgehead atoms. The van der Waals surface area contributed by atoms with E-state index in [9.17, 15) is 4.79 Å². The number of primary amides is 1. The molecule has 0 unspecified atom stereocenters. The number of amides is 1. The average Bonchev–Trinajstić information content (AvgIpc) is 2.84. The normalized spacial score (nSPS) is 10.3. The number of carbonyl (C=O) groups excluding carboxylic acids is 1. The quantitative estimate of drug-likeness (QED) is 0.868. The maximum absolute atomic E-state index is 11.1. The van der Waals surface area contributed by atoms with Gasteiger partial charge < -0.3 is 15.6 Å². The molecule has 0 spiro atoms. The number of halogens is 1. The van der Waals surface area contributed by atoms with Gasteiger partial charge in [0.05, 0.1) is 12.2 Å². The molecule has 18 heavy (non-hydrogen) atoms. The number of H-pyrrole nitrogens is 1. The fourth-order valence-electron chi connectivity index (χ4n) is 1.75. The lowest BCUT2D eigenvalue weighted by atomic mass is 10.2. The van der Waals surface area contributed by atoms with E-state index in [4.69, 9.17) is 17.3 Å². The molecule has 5 heteroatoms. The maximum Gasteiger partial charge on any atom is 0.236 e. The predicted octanol–water partition coefficient (Wildman–Crippen LogP) is 2.16. The molecule has 0 aliphatic rings. The van der Waals surface area contributed by atoms with Crippen molar-refractivity contribution >= 4 is 23.2 Å². The van der Waals surface area contributed by atoms with Gasteiger partial charge in [0.25, 0.3) is 0 Å². The summed E-state index contributed by atoms with van der Waals surface area (Å²) in [6.07, 6.45) is 3.64. The molecule has 0 saturated carbocycles. The molecule has 0 aliphatic carbocycles. The van der Waals surface area contributed by atoms with Crippen LogP contribution in [0.25, 0.3) is 0 Å². The molecule has 0 fully saturated rings. The molecule has 1 aromatic heterocycles. The summed E-state index contributed by atoms with van der Waals surface area (Å²) in [6, 6.07) is 9.43. The van der Waals surface area contributed by atoms with Gasteiger partial charge in [-0.15, -0.1) is 0 Å². The summed E-state index contributed by atoms with van der Waals surface area (Å²) in [5.41, 5.74) is 7.27. The van der Waals surface area contributed by atoms with Crippen LogP contribution in [0.2, 0.25) is 5.02 Å². The summed E-state index contributed by atoms with van der Waals surface area (Å²) in [5.74, 6) is -0.356. The number of anilines is 1. The number of aromatic amines is 1. The lowest BCUT2D eigenvalue weighted by Gasteiger charge is -2.21. The summed E-state index contributed by atoms with van der Waals surface area (Å²) in [6.45, 7) is 0.790. The largest absolute Gasteiger partial charge is 0.368 e. The summed E-state index contributed by atoms with van der Waals surface area (Å²) in [7, 11) is 0. The summed E-state index contributed by atoms with van der Waals surface area (Å²) >= 11 is 5.84. The van der Waals surface area contributed by atoms with E-state index in [1.54, 1.807) is 0 Å². The van der Waals surface area contributed by atoms with Crippen LogP contribution in [0.15, 0.2) is 42.7 Å². The van der Waals surface area contributed by atoms with Crippen LogP contribution in [0.4, 0.5) is 5.69 Å². The smallest absolute Gasteiger partial charge is 0.236 e. The zero-order valence-corrected chi connectivity index (χ0v) is 10.5. The van der Waals surface area contributed by atoms with Crippen LogP contribution in [-0.2, 0) is 11.3 Å². The Balaban J connectivity index is 2.15. The number of carbonyl (C=O) groups is 1. The molecule has 0 saturated heterocycles. The van der Waals surface area contributed by atoms with Crippen molar-refractivity contribution in [1.29, 1.82) is 0 Å². The second-order valence-electron chi connectivity index (χ2n) is 4.02. The molecule has 3 N–H and O–H groups in total. The van der Waals surface area contributed by atoms with Crippen LogP contribution < -0.4 is 10.6 Å². The number of rotatable bonds is 5. The minimum atomic E-state index is -0.356. The first kappa shape index (κ1) is 12.5. The molecule has 94 valence electrons. The lowest BCUT2D eigenvalue weighted by molar-refractivity contribution is -0.116. The fourth-order valence-corrected chi connectivity index (χ4v) is 1.87. The maximum atomic E-state index is 11.1. The zero-order chi connectivity index (χ0) is 13.0. The van der Waals surface area contributed by atoms with Crippen LogP contribution in [0.3, 0.4) is 0 Å². The standard InChI is InChI=1S/C13H14ClN3O/c14-11-3-1-10(2-4-11)8-17(9-13(15)18)12-5-6-16-7-12/h1-7,16H,8-9H2,(H2,15,18). The second kappa shape index (κ2) is 5.60. The van der Waals surface area contributed by atoms with E-state index in [0.717, 1.165) is 11.3 Å². The van der Waals surface area contributed by atoms with Crippen molar-refractivity contribution in [2.24, 2.45) is 5.73 Å². The number of hydrogen-bond acceptors (Lipinski definition) is 2. The molecule has 2 rings (SSSR count). The van der Waals surface area contributed by atoms with Crippen molar-refractivity contribution in [2.75, 3.05) is 11.4 Å². The number of nitrogens with two attached hydrogens (primary N) is 1. The Hall–Kier alpha value is -1.94. The highest BCUT2D eigenvalue weighted by Gasteiger charge is 2.10. The van der Waals surface area contributed by atoms with Crippen LogP contribution in [0.1, 0.15) is 5.56 Å². The Morgan fingerprint density at radius 2 is 2.00 bits per heavy atom. The third-order valence-electron chi connectivity index (χ3n) is 2.58. The van der Waals surface area contributed by atoms with Crippen molar-refractivity contribution in [2.45, 2.75) is 6.54 Å². The highest BCUT2D eigenvalue weighted by atomic mass is 35.5. The first-order chi connectivity index (χ1) is 8.65. The number of benzene rings is 1. The number of nitrogens with zero attached hydrogens (tertiary/aromatic N) is 1. The topological polar surface area (TPSA) is 62.1 Å². The van der Waals surface area contributed by atoms with Crippen molar-refractivity contribution in [3.05, 3.63) is 53.3 Å². The summed E-state index contributed by atoms with van der Waals surface area (Å²) in [5, 5.41) is 0.696. The van der Waals surface area contributed by atoms with Crippen molar-refractivity contribution < 1.29 is 4.79 Å². The monoisotopic (exact) mass is 263 g/mol. The van der Waals surface area contributed by atoms with Gasteiger partial charge >= 0.3 is 0 Å². The van der Waals surface area contributed by atoms with Gasteiger partial charge in [-0.05, 0) is 23.8 Å². The Morgan fingerprint density at radius 1 is 1.28 bits per heavy atom. The Kier molecular flexibility index (Phi) is 3.89. The number of aromatic nitrogens is 1. The molecule has 0 atom stereocenters. The molecule has 2 aromatic rings. The van der Waals surface area contributed by atoms with Gasteiger partial charge in [0.15, 0.2) is 0 Å². The first-order valence-corrected chi connectivity index (χ1v) is 5.93. The zero-order valence-electron chi connectivity index (χ0n) is 9.77. The van der Waals surface area contributed by atoms with E-state index < -0.39 is 0 Å². The van der Waals surface area contributed by atoms with E-state index in [2.05, 4.69) is 4.98 Å². The van der Waals surface area contributed by atoms with Crippen LogP contribution in [-0.4, -0.2) is 17.4 Å². The van der Waals surface area contributed by atoms with Gasteiger partial charge in [-0.25, -0.2) is 0 Å². The van der Waals surface area contributed by atoms with E-state index in [0.29, 0.717) is 11.6 Å². The van der Waals surface area contributed by atoms with E-state index >= 15 is 0 Å². The lowest BCUT2D eigenvalue weighted by Crippen LogP contribution is -2.33. The Morgan fingerprint density at radius 3 is 2.56 bits per heavy atom. The fraction of sp³-hybridized carbons (Fsp3) is 0.154.